The van der Waals surface area contributed by atoms with Crippen molar-refractivity contribution in [2.24, 2.45) is 4.99 Å². The number of aryl methyl sites for hydroxylation is 2. The van der Waals surface area contributed by atoms with Gasteiger partial charge in [-0.3, -0.25) is 4.99 Å². The Labute approximate surface area is 216 Å². The van der Waals surface area contributed by atoms with Crippen LogP contribution in [0.25, 0.3) is 0 Å². The molecular weight excluding hydrogens is 450 g/mol. The van der Waals surface area contributed by atoms with E-state index in [1.54, 1.807) is 6.92 Å². The third-order valence-corrected chi connectivity index (χ3v) is 7.30. The van der Waals surface area contributed by atoms with E-state index in [4.69, 9.17) is 4.74 Å². The standard InChI is InChI=1S/C31H43NO4/c1-19(2)27-15-12-24(28(20(3)4)29(27)21(5)6)11-8-23-9-13-26(14-10-23)36-31(18-34)25(17-33)16-32-22(7)30(31)35/h9-10,12-16,19-21,30,33-35H,8,11,17-18H2,1-7H3. The predicted octanol–water partition coefficient (Wildman–Crippen LogP) is 5.66. The summed E-state index contributed by atoms with van der Waals surface area (Å²) in [5, 5.41) is 30.7. The molecule has 1 heterocycles. The normalized spacial score (nSPS) is 20.2. The maximum atomic E-state index is 10.7. The van der Waals surface area contributed by atoms with Crippen molar-refractivity contribution in [3.05, 3.63) is 76.0 Å². The Morgan fingerprint density at radius 1 is 0.861 bits per heavy atom. The quantitative estimate of drug-likeness (QED) is 0.399. The van der Waals surface area contributed by atoms with Gasteiger partial charge in [0.15, 0.2) is 5.60 Å². The minimum absolute atomic E-state index is 0.346. The number of rotatable bonds is 10. The van der Waals surface area contributed by atoms with Gasteiger partial charge in [-0.2, -0.15) is 0 Å². The van der Waals surface area contributed by atoms with Crippen molar-refractivity contribution in [2.45, 2.75) is 90.8 Å². The second-order valence-electron chi connectivity index (χ2n) is 10.9. The van der Waals surface area contributed by atoms with Gasteiger partial charge in [-0.05, 0) is 77.5 Å². The summed E-state index contributed by atoms with van der Waals surface area (Å²) >= 11 is 0. The van der Waals surface area contributed by atoms with Crippen LogP contribution in [-0.2, 0) is 12.8 Å². The first-order valence-electron chi connectivity index (χ1n) is 13.1. The summed E-state index contributed by atoms with van der Waals surface area (Å²) in [5.41, 5.74) is 6.39. The van der Waals surface area contributed by atoms with Crippen molar-refractivity contribution in [3.63, 3.8) is 0 Å². The van der Waals surface area contributed by atoms with E-state index >= 15 is 0 Å². The molecule has 0 saturated heterocycles. The molecule has 0 radical (unpaired) electrons. The lowest BCUT2D eigenvalue weighted by molar-refractivity contribution is -0.0389. The lowest BCUT2D eigenvalue weighted by Crippen LogP contribution is -2.57. The number of aliphatic hydroxyl groups is 3. The third-order valence-electron chi connectivity index (χ3n) is 7.30. The molecule has 2 atom stereocenters. The molecule has 0 saturated carbocycles. The van der Waals surface area contributed by atoms with E-state index in [2.05, 4.69) is 58.7 Å². The average Bonchev–Trinajstić information content (AvgIpc) is 2.85. The van der Waals surface area contributed by atoms with Crippen molar-refractivity contribution in [1.29, 1.82) is 0 Å². The van der Waals surface area contributed by atoms with Gasteiger partial charge >= 0.3 is 0 Å². The van der Waals surface area contributed by atoms with Crippen molar-refractivity contribution in [3.8, 4) is 5.75 Å². The van der Waals surface area contributed by atoms with E-state index in [0.29, 0.717) is 34.8 Å². The molecule has 0 spiro atoms. The Kier molecular flexibility index (Phi) is 9.15. The number of ether oxygens (including phenoxy) is 1. The summed E-state index contributed by atoms with van der Waals surface area (Å²) in [4.78, 5) is 4.12. The van der Waals surface area contributed by atoms with Crippen LogP contribution in [0.4, 0.5) is 0 Å². The van der Waals surface area contributed by atoms with E-state index in [0.717, 1.165) is 12.8 Å². The SMILES string of the molecule is CC1=NC=C(CO)C(CO)(Oc2ccc(CCc3ccc(C(C)C)c(C(C)C)c3C(C)C)cc2)C1O. The van der Waals surface area contributed by atoms with Crippen LogP contribution < -0.4 is 4.74 Å². The molecule has 1 aliphatic heterocycles. The van der Waals surface area contributed by atoms with Crippen LogP contribution >= 0.6 is 0 Å². The molecule has 5 heteroatoms. The number of benzene rings is 2. The molecule has 0 aliphatic carbocycles. The van der Waals surface area contributed by atoms with E-state index in [9.17, 15) is 15.3 Å². The Balaban J connectivity index is 1.81. The largest absolute Gasteiger partial charge is 0.477 e. The second kappa shape index (κ2) is 11.7. The van der Waals surface area contributed by atoms with Crippen LogP contribution in [0.2, 0.25) is 0 Å². The van der Waals surface area contributed by atoms with Gasteiger partial charge in [-0.25, -0.2) is 0 Å². The van der Waals surface area contributed by atoms with Gasteiger partial charge in [-0.1, -0.05) is 65.8 Å². The van der Waals surface area contributed by atoms with E-state index < -0.39 is 18.3 Å². The highest BCUT2D eigenvalue weighted by Gasteiger charge is 2.46. The molecular formula is C31H43NO4. The van der Waals surface area contributed by atoms with Gasteiger partial charge < -0.3 is 20.1 Å². The average molecular weight is 494 g/mol. The van der Waals surface area contributed by atoms with Gasteiger partial charge in [0.2, 0.25) is 0 Å². The monoisotopic (exact) mass is 493 g/mol. The molecule has 0 bridgehead atoms. The van der Waals surface area contributed by atoms with Crippen LogP contribution in [0.15, 0.2) is 53.2 Å². The highest BCUT2D eigenvalue weighted by atomic mass is 16.5. The molecule has 2 unspecified atom stereocenters. The molecule has 0 amide bonds. The fourth-order valence-corrected chi connectivity index (χ4v) is 5.35. The highest BCUT2D eigenvalue weighted by molar-refractivity contribution is 5.89. The van der Waals surface area contributed by atoms with Gasteiger partial charge in [0.1, 0.15) is 11.9 Å². The molecule has 2 aromatic carbocycles. The Hall–Kier alpha value is -2.47. The fraction of sp³-hybridized carbons (Fsp3) is 0.516. The summed E-state index contributed by atoms with van der Waals surface area (Å²) in [6.45, 7) is 14.6. The van der Waals surface area contributed by atoms with Crippen molar-refractivity contribution >= 4 is 5.71 Å². The van der Waals surface area contributed by atoms with Crippen molar-refractivity contribution in [1.82, 2.24) is 0 Å². The maximum Gasteiger partial charge on any atom is 0.188 e. The minimum Gasteiger partial charge on any atom is -0.477 e. The molecule has 3 rings (SSSR count). The Morgan fingerprint density at radius 2 is 1.50 bits per heavy atom. The van der Waals surface area contributed by atoms with E-state index in [-0.39, 0.29) is 6.61 Å². The number of aliphatic imine (C=N–C) groups is 1. The fourth-order valence-electron chi connectivity index (χ4n) is 5.35. The van der Waals surface area contributed by atoms with Crippen LogP contribution in [0, 0.1) is 0 Å². The summed E-state index contributed by atoms with van der Waals surface area (Å²) in [6, 6.07) is 12.4. The lowest BCUT2D eigenvalue weighted by Gasteiger charge is -2.39. The first-order valence-corrected chi connectivity index (χ1v) is 13.1. The Morgan fingerprint density at radius 3 is 2.03 bits per heavy atom. The first-order chi connectivity index (χ1) is 17.0. The van der Waals surface area contributed by atoms with Crippen molar-refractivity contribution in [2.75, 3.05) is 13.2 Å². The third kappa shape index (κ3) is 5.59. The molecule has 3 N–H and O–H groups in total. The van der Waals surface area contributed by atoms with Crippen LogP contribution in [0.1, 0.15) is 94.0 Å². The van der Waals surface area contributed by atoms with Gasteiger partial charge in [0.25, 0.3) is 0 Å². The summed E-state index contributed by atoms with van der Waals surface area (Å²) in [5.74, 6) is 1.97. The van der Waals surface area contributed by atoms with E-state index in [1.165, 1.54) is 34.0 Å². The first kappa shape index (κ1) is 28.1. The van der Waals surface area contributed by atoms with Crippen LogP contribution in [-0.4, -0.2) is 46.0 Å². The molecule has 5 nitrogen and oxygen atoms in total. The summed E-state index contributed by atoms with van der Waals surface area (Å²) < 4.78 is 6.12. The predicted molar refractivity (Wildman–Crippen MR) is 147 cm³/mol. The minimum atomic E-state index is -1.44. The second-order valence-corrected chi connectivity index (χ2v) is 10.9. The van der Waals surface area contributed by atoms with Crippen molar-refractivity contribution < 1.29 is 20.1 Å². The molecule has 2 aromatic rings. The molecule has 1 aliphatic rings. The van der Waals surface area contributed by atoms with Gasteiger partial charge in [0, 0.05) is 17.5 Å². The zero-order chi connectivity index (χ0) is 26.6. The number of nitrogens with zero attached hydrogens (tertiary/aromatic N) is 1. The number of aliphatic hydroxyl groups excluding tert-OH is 3. The highest BCUT2D eigenvalue weighted by Crippen LogP contribution is 2.36. The van der Waals surface area contributed by atoms with Gasteiger partial charge in [0.05, 0.1) is 13.2 Å². The van der Waals surface area contributed by atoms with E-state index in [1.807, 2.05) is 24.3 Å². The number of hydrogen-bond acceptors (Lipinski definition) is 5. The summed E-state index contributed by atoms with van der Waals surface area (Å²) in [7, 11) is 0. The Bertz CT molecular complexity index is 1100. The lowest BCUT2D eigenvalue weighted by atomic mass is 9.79. The zero-order valence-electron chi connectivity index (χ0n) is 22.9. The molecule has 36 heavy (non-hydrogen) atoms. The molecule has 0 aromatic heterocycles. The zero-order valence-corrected chi connectivity index (χ0v) is 22.9. The van der Waals surface area contributed by atoms with Crippen LogP contribution in [0.5, 0.6) is 5.75 Å². The number of hydrogen-bond donors (Lipinski definition) is 3. The maximum absolute atomic E-state index is 10.7. The smallest absolute Gasteiger partial charge is 0.188 e. The van der Waals surface area contributed by atoms with Gasteiger partial charge in [-0.15, -0.1) is 0 Å². The summed E-state index contributed by atoms with van der Waals surface area (Å²) in [6.07, 6.45) is 2.18. The van der Waals surface area contributed by atoms with Crippen LogP contribution in [0.3, 0.4) is 0 Å². The molecule has 196 valence electrons. The topological polar surface area (TPSA) is 82.3 Å². The molecule has 0 fully saturated rings.